The van der Waals surface area contributed by atoms with Crippen LogP contribution in [-0.4, -0.2) is 16.6 Å². The van der Waals surface area contributed by atoms with Crippen molar-refractivity contribution in [2.45, 2.75) is 32.7 Å². The number of thiophene rings is 2. The molecule has 0 N–H and O–H groups in total. The van der Waals surface area contributed by atoms with Gasteiger partial charge in [0.05, 0.1) is 16.6 Å². The van der Waals surface area contributed by atoms with Crippen molar-refractivity contribution in [3.05, 3.63) is 42.7 Å². The maximum absolute atomic E-state index is 12.2. The molecular formula is C15H15BrN2OS2. The zero-order valence-corrected chi connectivity index (χ0v) is 15.0. The monoisotopic (exact) mass is 382 g/mol. The second-order valence-corrected chi connectivity index (χ2v) is 7.73. The number of hydrazone groups is 1. The minimum atomic E-state index is 0.0326. The predicted octanol–water partition coefficient (Wildman–Crippen LogP) is 4.97. The highest BCUT2D eigenvalue weighted by Gasteiger charge is 2.33. The van der Waals surface area contributed by atoms with Gasteiger partial charge < -0.3 is 0 Å². The third-order valence-corrected chi connectivity index (χ3v) is 6.37. The topological polar surface area (TPSA) is 32.7 Å². The van der Waals surface area contributed by atoms with Crippen LogP contribution in [-0.2, 0) is 4.79 Å². The third kappa shape index (κ3) is 2.84. The molecule has 1 aliphatic heterocycles. The fourth-order valence-corrected chi connectivity index (χ4v) is 4.89. The van der Waals surface area contributed by atoms with Crippen LogP contribution < -0.4 is 0 Å². The second-order valence-electron chi connectivity index (χ2n) is 4.96. The van der Waals surface area contributed by atoms with Crippen molar-refractivity contribution < 1.29 is 4.79 Å². The summed E-state index contributed by atoms with van der Waals surface area (Å²) in [5.74, 6) is 0.0775. The second kappa shape index (κ2) is 6.02. The first-order chi connectivity index (χ1) is 10.1. The van der Waals surface area contributed by atoms with E-state index in [0.29, 0.717) is 6.42 Å². The number of nitrogens with zero attached hydrogens (tertiary/aromatic N) is 2. The molecule has 6 heteroatoms. The molecular weight excluding hydrogens is 368 g/mol. The lowest BCUT2D eigenvalue weighted by molar-refractivity contribution is -0.132. The van der Waals surface area contributed by atoms with E-state index in [1.807, 2.05) is 6.92 Å². The molecule has 0 saturated heterocycles. The summed E-state index contributed by atoms with van der Waals surface area (Å²) in [5, 5.41) is 10.4. The van der Waals surface area contributed by atoms with Gasteiger partial charge in [0.15, 0.2) is 0 Å². The molecule has 0 aliphatic carbocycles. The van der Waals surface area contributed by atoms with Crippen molar-refractivity contribution in [2.24, 2.45) is 5.10 Å². The maximum atomic E-state index is 12.2. The summed E-state index contributed by atoms with van der Waals surface area (Å²) in [6.07, 6.45) is 1.27. The molecule has 1 atom stereocenters. The molecule has 0 aromatic carbocycles. The van der Waals surface area contributed by atoms with E-state index in [-0.39, 0.29) is 11.9 Å². The fourth-order valence-electron chi connectivity index (χ4n) is 2.43. The van der Waals surface area contributed by atoms with E-state index in [1.54, 1.807) is 27.7 Å². The first-order valence-electron chi connectivity index (χ1n) is 6.78. The molecule has 0 radical (unpaired) electrons. The molecule has 1 aliphatic rings. The normalized spacial score (nSPS) is 18.1. The fraction of sp³-hybridized carbons (Fsp3) is 0.333. The summed E-state index contributed by atoms with van der Waals surface area (Å²) in [6.45, 7) is 3.98. The van der Waals surface area contributed by atoms with Gasteiger partial charge in [0.25, 0.3) is 0 Å². The van der Waals surface area contributed by atoms with E-state index in [2.05, 4.69) is 50.8 Å². The van der Waals surface area contributed by atoms with Gasteiger partial charge in [-0.15, -0.1) is 22.7 Å². The first-order valence-corrected chi connectivity index (χ1v) is 9.33. The van der Waals surface area contributed by atoms with Crippen molar-refractivity contribution >= 4 is 50.2 Å². The maximum Gasteiger partial charge on any atom is 0.243 e. The van der Waals surface area contributed by atoms with Gasteiger partial charge in [-0.25, -0.2) is 5.01 Å². The smallest absolute Gasteiger partial charge is 0.243 e. The number of hydrogen-bond donors (Lipinski definition) is 0. The highest BCUT2D eigenvalue weighted by molar-refractivity contribution is 9.10. The van der Waals surface area contributed by atoms with E-state index < -0.39 is 0 Å². The summed E-state index contributed by atoms with van der Waals surface area (Å²) in [7, 11) is 0. The summed E-state index contributed by atoms with van der Waals surface area (Å²) in [4.78, 5) is 14.6. The molecule has 3 nitrogen and oxygen atoms in total. The van der Waals surface area contributed by atoms with Gasteiger partial charge in [-0.3, -0.25) is 4.79 Å². The van der Waals surface area contributed by atoms with Crippen LogP contribution in [0.5, 0.6) is 0 Å². The Hall–Kier alpha value is -0.980. The van der Waals surface area contributed by atoms with E-state index in [9.17, 15) is 4.79 Å². The molecule has 0 saturated carbocycles. The van der Waals surface area contributed by atoms with Crippen molar-refractivity contribution in [1.82, 2.24) is 5.01 Å². The van der Waals surface area contributed by atoms with Gasteiger partial charge in [0.2, 0.25) is 5.91 Å². The number of rotatable bonds is 3. The van der Waals surface area contributed by atoms with E-state index in [1.165, 1.54) is 15.3 Å². The summed E-state index contributed by atoms with van der Waals surface area (Å²) in [6, 6.07) is 4.22. The molecule has 0 spiro atoms. The van der Waals surface area contributed by atoms with Crippen molar-refractivity contribution in [3.63, 3.8) is 0 Å². The Morgan fingerprint density at radius 2 is 2.33 bits per heavy atom. The van der Waals surface area contributed by atoms with Gasteiger partial charge >= 0.3 is 0 Å². The molecule has 1 unspecified atom stereocenters. The average molecular weight is 383 g/mol. The molecule has 3 rings (SSSR count). The number of hydrogen-bond acceptors (Lipinski definition) is 4. The first kappa shape index (κ1) is 14.9. The Morgan fingerprint density at radius 3 is 2.90 bits per heavy atom. The Kier molecular flexibility index (Phi) is 4.28. The Morgan fingerprint density at radius 1 is 1.52 bits per heavy atom. The number of aryl methyl sites for hydroxylation is 1. The van der Waals surface area contributed by atoms with Gasteiger partial charge in [-0.05, 0) is 45.9 Å². The van der Waals surface area contributed by atoms with E-state index >= 15 is 0 Å². The molecule has 0 bridgehead atoms. The Bertz CT molecular complexity index is 704. The standard InChI is InChI=1S/C15H15BrN2OS2/c1-3-14(19)18-12(13-6-10(16)8-21-13)7-11(17-18)15-9(2)4-5-20-15/h4-6,8,12H,3,7H2,1-2H3. The zero-order valence-electron chi connectivity index (χ0n) is 11.8. The van der Waals surface area contributed by atoms with Gasteiger partial charge in [-0.1, -0.05) is 6.92 Å². The van der Waals surface area contributed by atoms with Crippen LogP contribution in [0.25, 0.3) is 0 Å². The number of halogens is 1. The van der Waals surface area contributed by atoms with Gasteiger partial charge in [0, 0.05) is 27.6 Å². The zero-order chi connectivity index (χ0) is 15.0. The highest BCUT2D eigenvalue weighted by Crippen LogP contribution is 2.38. The predicted molar refractivity (Wildman–Crippen MR) is 92.1 cm³/mol. The van der Waals surface area contributed by atoms with Gasteiger partial charge in [0.1, 0.15) is 0 Å². The molecule has 1 amide bonds. The summed E-state index contributed by atoms with van der Waals surface area (Å²) < 4.78 is 1.06. The lowest BCUT2D eigenvalue weighted by atomic mass is 10.1. The number of amides is 1. The molecule has 0 fully saturated rings. The van der Waals surface area contributed by atoms with E-state index in [0.717, 1.165) is 16.6 Å². The molecule has 110 valence electrons. The number of carbonyl (C=O) groups excluding carboxylic acids is 1. The van der Waals surface area contributed by atoms with Gasteiger partial charge in [-0.2, -0.15) is 5.10 Å². The largest absolute Gasteiger partial charge is 0.273 e. The van der Waals surface area contributed by atoms with E-state index in [4.69, 9.17) is 0 Å². The van der Waals surface area contributed by atoms with Crippen molar-refractivity contribution in [1.29, 1.82) is 0 Å². The summed E-state index contributed by atoms with van der Waals surface area (Å²) in [5.41, 5.74) is 2.26. The van der Waals surface area contributed by atoms with Crippen LogP contribution in [0.15, 0.2) is 32.5 Å². The highest BCUT2D eigenvalue weighted by atomic mass is 79.9. The molecule has 2 aromatic rings. The number of carbonyl (C=O) groups is 1. The van der Waals surface area contributed by atoms with Crippen LogP contribution in [0.2, 0.25) is 0 Å². The van der Waals surface area contributed by atoms with Crippen LogP contribution in [0.3, 0.4) is 0 Å². The average Bonchev–Trinajstić information content (AvgIpc) is 3.16. The van der Waals surface area contributed by atoms with Crippen LogP contribution in [0.4, 0.5) is 0 Å². The molecule has 21 heavy (non-hydrogen) atoms. The lowest BCUT2D eigenvalue weighted by Crippen LogP contribution is -2.25. The SMILES string of the molecule is CCC(=O)N1N=C(c2sccc2C)CC1c1cc(Br)cs1. The summed E-state index contributed by atoms with van der Waals surface area (Å²) >= 11 is 6.86. The Labute approximate surface area is 140 Å². The minimum absolute atomic E-state index is 0.0326. The van der Waals surface area contributed by atoms with Crippen molar-refractivity contribution in [3.8, 4) is 0 Å². The molecule has 2 aromatic heterocycles. The van der Waals surface area contributed by atoms with Crippen LogP contribution in [0, 0.1) is 6.92 Å². The van der Waals surface area contributed by atoms with Crippen molar-refractivity contribution in [2.75, 3.05) is 0 Å². The lowest BCUT2D eigenvalue weighted by Gasteiger charge is -2.19. The minimum Gasteiger partial charge on any atom is -0.273 e. The Balaban J connectivity index is 1.96. The van der Waals surface area contributed by atoms with Crippen LogP contribution in [0.1, 0.15) is 41.1 Å². The third-order valence-electron chi connectivity index (χ3n) is 3.51. The quantitative estimate of drug-likeness (QED) is 0.737. The molecule has 3 heterocycles. The van der Waals surface area contributed by atoms with Crippen LogP contribution >= 0.6 is 38.6 Å².